The van der Waals surface area contributed by atoms with Crippen LogP contribution in [0.2, 0.25) is 0 Å². The van der Waals surface area contributed by atoms with Crippen molar-refractivity contribution in [3.05, 3.63) is 36.1 Å². The van der Waals surface area contributed by atoms with Crippen molar-refractivity contribution in [2.24, 2.45) is 17.8 Å². The molecule has 2 aliphatic carbocycles. The lowest BCUT2D eigenvalue weighted by atomic mass is 9.66. The molecule has 1 N–H and O–H groups in total. The first kappa shape index (κ1) is 24.7. The summed E-state index contributed by atoms with van der Waals surface area (Å²) in [6, 6.07) is 10.2. The lowest BCUT2D eigenvalue weighted by Gasteiger charge is -2.41. The second kappa shape index (κ2) is 11.8. The third-order valence-electron chi connectivity index (χ3n) is 8.11. The van der Waals surface area contributed by atoms with Crippen LogP contribution < -0.4 is 10.1 Å². The number of benzene rings is 1. The van der Waals surface area contributed by atoms with Gasteiger partial charge < -0.3 is 14.6 Å². The largest absolute Gasteiger partial charge is 0.473 e. The molecule has 2 heterocycles. The number of hydrogen-bond acceptors (Lipinski definition) is 6. The fourth-order valence-corrected chi connectivity index (χ4v) is 7.17. The number of piperidine rings is 1. The number of likely N-dealkylation sites (tertiary alicyclic amines) is 1. The van der Waals surface area contributed by atoms with Crippen molar-refractivity contribution in [2.75, 3.05) is 26.2 Å². The van der Waals surface area contributed by atoms with Crippen LogP contribution >= 0.6 is 11.8 Å². The van der Waals surface area contributed by atoms with Crippen LogP contribution in [0.3, 0.4) is 0 Å². The minimum atomic E-state index is -0.190. The molecule has 7 heteroatoms. The highest BCUT2D eigenvalue weighted by Crippen LogP contribution is 2.44. The zero-order chi connectivity index (χ0) is 24.0. The van der Waals surface area contributed by atoms with Gasteiger partial charge in [0.15, 0.2) is 0 Å². The predicted molar refractivity (Wildman–Crippen MR) is 138 cm³/mol. The molecule has 3 fully saturated rings. The Morgan fingerprint density at radius 3 is 2.60 bits per heavy atom. The number of fused-ring (bicyclic) bond motifs is 2. The molecule has 3 aliphatic rings. The summed E-state index contributed by atoms with van der Waals surface area (Å²) in [5.74, 6) is 2.69. The van der Waals surface area contributed by atoms with Gasteiger partial charge in [-0.1, -0.05) is 55.6 Å². The Kier molecular flexibility index (Phi) is 8.35. The Bertz CT molecular complexity index is 948. The van der Waals surface area contributed by atoms with E-state index in [0.717, 1.165) is 36.4 Å². The highest BCUT2D eigenvalue weighted by molar-refractivity contribution is 7.99. The molecule has 0 radical (unpaired) electrons. The van der Waals surface area contributed by atoms with Gasteiger partial charge in [0.1, 0.15) is 11.5 Å². The second-order valence-electron chi connectivity index (χ2n) is 10.7. The molecule has 1 aromatic carbocycles. The zero-order valence-electron chi connectivity index (χ0n) is 20.9. The third-order valence-corrected chi connectivity index (χ3v) is 9.19. The predicted octanol–water partition coefficient (Wildman–Crippen LogP) is 6.03. The van der Waals surface area contributed by atoms with Crippen molar-refractivity contribution in [1.29, 1.82) is 0 Å². The maximum absolute atomic E-state index is 13.4. The molecule has 1 aromatic heterocycles. The molecule has 3 unspecified atom stereocenters. The zero-order valence-corrected chi connectivity index (χ0v) is 21.7. The monoisotopic (exact) mass is 497 g/mol. The van der Waals surface area contributed by atoms with Gasteiger partial charge in [-0.3, -0.25) is 9.69 Å². The van der Waals surface area contributed by atoms with Gasteiger partial charge in [0.05, 0.1) is 0 Å². The Morgan fingerprint density at radius 2 is 1.86 bits per heavy atom. The normalized spacial score (nSPS) is 25.7. The van der Waals surface area contributed by atoms with Crippen molar-refractivity contribution >= 4 is 17.7 Å². The Labute approximate surface area is 213 Å². The summed E-state index contributed by atoms with van der Waals surface area (Å²) in [4.78, 5) is 17.5. The molecule has 2 aromatic rings. The van der Waals surface area contributed by atoms with Gasteiger partial charge in [0, 0.05) is 17.5 Å². The first-order valence-electron chi connectivity index (χ1n) is 13.5. The minimum Gasteiger partial charge on any atom is -0.473 e. The highest BCUT2D eigenvalue weighted by Gasteiger charge is 2.35. The standard InChI is InChI=1S/C28H39N3O3S/c1-20(23-18-21-9-8-10-22(17-21)19-23)29-27(32)25-26(35-24-11-4-2-5-12-24)28(30-34-25)33-16-15-31-13-6-3-7-14-31/h2,4-5,11-12,20-23H,3,6-10,13-19H2,1H3,(H,29,32). The van der Waals surface area contributed by atoms with Crippen molar-refractivity contribution in [2.45, 2.75) is 80.5 Å². The summed E-state index contributed by atoms with van der Waals surface area (Å²) in [5, 5.41) is 7.44. The molecule has 3 atom stereocenters. The Morgan fingerprint density at radius 1 is 1.11 bits per heavy atom. The summed E-state index contributed by atoms with van der Waals surface area (Å²) in [7, 11) is 0. The molecule has 1 saturated heterocycles. The van der Waals surface area contributed by atoms with Crippen molar-refractivity contribution in [1.82, 2.24) is 15.4 Å². The number of aromatic nitrogens is 1. The summed E-state index contributed by atoms with van der Waals surface area (Å²) in [6.07, 6.45) is 11.7. The van der Waals surface area contributed by atoms with Gasteiger partial charge in [-0.05, 0) is 87.2 Å². The molecular weight excluding hydrogens is 458 g/mol. The van der Waals surface area contributed by atoms with Crippen molar-refractivity contribution < 1.29 is 14.1 Å². The molecule has 2 saturated carbocycles. The maximum atomic E-state index is 13.4. The third kappa shape index (κ3) is 6.42. The van der Waals surface area contributed by atoms with Crippen LogP contribution in [-0.4, -0.2) is 48.2 Å². The van der Waals surface area contributed by atoms with Gasteiger partial charge in [0.2, 0.25) is 5.76 Å². The average molecular weight is 498 g/mol. The molecule has 35 heavy (non-hydrogen) atoms. The van der Waals surface area contributed by atoms with Crippen LogP contribution in [-0.2, 0) is 0 Å². The molecule has 2 bridgehead atoms. The second-order valence-corrected chi connectivity index (χ2v) is 11.8. The van der Waals surface area contributed by atoms with Crippen LogP contribution in [0.1, 0.15) is 75.3 Å². The average Bonchev–Trinajstić information content (AvgIpc) is 3.27. The van der Waals surface area contributed by atoms with E-state index in [9.17, 15) is 4.79 Å². The van der Waals surface area contributed by atoms with E-state index in [-0.39, 0.29) is 17.7 Å². The van der Waals surface area contributed by atoms with E-state index >= 15 is 0 Å². The van der Waals surface area contributed by atoms with Gasteiger partial charge >= 0.3 is 0 Å². The first-order chi connectivity index (χ1) is 17.2. The quantitative estimate of drug-likeness (QED) is 0.457. The van der Waals surface area contributed by atoms with Crippen LogP contribution in [0.5, 0.6) is 5.88 Å². The number of ether oxygens (including phenoxy) is 1. The number of carbonyl (C=O) groups is 1. The van der Waals surface area contributed by atoms with Crippen LogP contribution in [0.25, 0.3) is 0 Å². The van der Waals surface area contributed by atoms with Crippen LogP contribution in [0, 0.1) is 17.8 Å². The Hall–Kier alpha value is -1.99. The van der Waals surface area contributed by atoms with Gasteiger partial charge in [-0.25, -0.2) is 0 Å². The fourth-order valence-electron chi connectivity index (χ4n) is 6.24. The van der Waals surface area contributed by atoms with E-state index < -0.39 is 0 Å². The summed E-state index contributed by atoms with van der Waals surface area (Å²) in [5.41, 5.74) is 0. The maximum Gasteiger partial charge on any atom is 0.291 e. The van der Waals surface area contributed by atoms with Gasteiger partial charge in [0.25, 0.3) is 11.8 Å². The van der Waals surface area contributed by atoms with E-state index in [1.807, 2.05) is 30.3 Å². The van der Waals surface area contributed by atoms with Crippen molar-refractivity contribution in [3.63, 3.8) is 0 Å². The Balaban J connectivity index is 1.26. The van der Waals surface area contributed by atoms with Crippen LogP contribution in [0.4, 0.5) is 0 Å². The number of hydrogen-bond donors (Lipinski definition) is 1. The van der Waals surface area contributed by atoms with Crippen LogP contribution in [0.15, 0.2) is 44.6 Å². The number of nitrogens with one attached hydrogen (secondary N) is 1. The molecule has 190 valence electrons. The number of nitrogens with zero attached hydrogens (tertiary/aromatic N) is 2. The van der Waals surface area contributed by atoms with Gasteiger partial charge in [-0.2, -0.15) is 0 Å². The lowest BCUT2D eigenvalue weighted by molar-refractivity contribution is 0.0818. The van der Waals surface area contributed by atoms with E-state index in [2.05, 4.69) is 22.3 Å². The molecule has 6 nitrogen and oxygen atoms in total. The van der Waals surface area contributed by atoms with E-state index in [1.165, 1.54) is 69.5 Å². The lowest BCUT2D eigenvalue weighted by Crippen LogP contribution is -2.42. The molecular formula is C28H39N3O3S. The van der Waals surface area contributed by atoms with E-state index in [0.29, 0.717) is 23.3 Å². The number of amides is 1. The topological polar surface area (TPSA) is 67.6 Å². The number of rotatable bonds is 9. The summed E-state index contributed by atoms with van der Waals surface area (Å²) in [6.45, 7) is 5.81. The molecule has 1 amide bonds. The summed E-state index contributed by atoms with van der Waals surface area (Å²) >= 11 is 1.48. The smallest absolute Gasteiger partial charge is 0.291 e. The minimum absolute atomic E-state index is 0.119. The molecule has 0 spiro atoms. The SMILES string of the molecule is CC(NC(=O)c1onc(OCCN2CCCCC2)c1Sc1ccccc1)C1CC2CCCC(C2)C1. The first-order valence-corrected chi connectivity index (χ1v) is 14.4. The van der Waals surface area contributed by atoms with E-state index in [1.54, 1.807) is 0 Å². The van der Waals surface area contributed by atoms with Crippen molar-refractivity contribution in [3.8, 4) is 5.88 Å². The van der Waals surface area contributed by atoms with E-state index in [4.69, 9.17) is 9.26 Å². The highest BCUT2D eigenvalue weighted by atomic mass is 32.2. The summed E-state index contributed by atoms with van der Waals surface area (Å²) < 4.78 is 11.7. The molecule has 1 aliphatic heterocycles. The fraction of sp³-hybridized carbons (Fsp3) is 0.643. The van der Waals surface area contributed by atoms with Gasteiger partial charge in [-0.15, -0.1) is 0 Å². The molecule has 5 rings (SSSR count). The number of carbonyl (C=O) groups excluding carboxylic acids is 1.